The number of aryl methyl sites for hydroxylation is 1. The van der Waals surface area contributed by atoms with Crippen molar-refractivity contribution >= 4 is 40.4 Å². The lowest BCUT2D eigenvalue weighted by Crippen LogP contribution is -2.27. The van der Waals surface area contributed by atoms with E-state index in [9.17, 15) is 9.59 Å². The van der Waals surface area contributed by atoms with Gasteiger partial charge in [-0.15, -0.1) is 11.3 Å². The number of benzene rings is 2. The molecule has 2 aromatic carbocycles. The van der Waals surface area contributed by atoms with Gasteiger partial charge in [-0.2, -0.15) is 0 Å². The van der Waals surface area contributed by atoms with Crippen LogP contribution >= 0.6 is 22.9 Å². The Balaban J connectivity index is 1.55. The summed E-state index contributed by atoms with van der Waals surface area (Å²) in [6.07, 6.45) is 0. The van der Waals surface area contributed by atoms with E-state index in [1.807, 2.05) is 38.4 Å². The highest BCUT2D eigenvalue weighted by Crippen LogP contribution is 2.21. The maximum Gasteiger partial charge on any atom is 0.263 e. The predicted molar refractivity (Wildman–Crippen MR) is 127 cm³/mol. The van der Waals surface area contributed by atoms with E-state index in [-0.39, 0.29) is 18.4 Å². The molecule has 0 unspecified atom stereocenters. The summed E-state index contributed by atoms with van der Waals surface area (Å²) in [5, 5.41) is 7.13. The fourth-order valence-corrected chi connectivity index (χ4v) is 3.93. The monoisotopic (exact) mass is 472 g/mol. The number of likely N-dealkylation sites (N-methyl/N-ethyl adjacent to an activating group) is 1. The molecule has 0 radical (unpaired) electrons. The van der Waals surface area contributed by atoms with Gasteiger partial charge in [0.15, 0.2) is 0 Å². The second kappa shape index (κ2) is 11.1. The number of halogens is 1. The molecule has 0 saturated carbocycles. The van der Waals surface area contributed by atoms with Crippen LogP contribution in [0.3, 0.4) is 0 Å². The van der Waals surface area contributed by atoms with Crippen LogP contribution in [0.5, 0.6) is 5.75 Å². The van der Waals surface area contributed by atoms with Gasteiger partial charge in [-0.3, -0.25) is 9.59 Å². The molecule has 2 amide bonds. The zero-order valence-corrected chi connectivity index (χ0v) is 19.7. The van der Waals surface area contributed by atoms with Crippen molar-refractivity contribution in [2.75, 3.05) is 26.0 Å². The summed E-state index contributed by atoms with van der Waals surface area (Å²) in [5.41, 5.74) is 2.24. The number of nitrogens with zero attached hydrogens (tertiary/aromatic N) is 2. The maximum atomic E-state index is 12.7. The third kappa shape index (κ3) is 7.05. The highest BCUT2D eigenvalue weighted by atomic mass is 35.5. The van der Waals surface area contributed by atoms with Crippen molar-refractivity contribution in [3.8, 4) is 5.75 Å². The molecule has 0 aliphatic heterocycles. The standard InChI is InChI=1S/C23H25ClN4O3S/c1-15-22(32-21(26-15)14-31-19-9-7-17(24)8-10-19)23(30)25-12-16-5-4-6-18(11-16)27-20(29)13-28(2)3/h4-11H,12-14H2,1-3H3,(H,25,30)(H,27,29). The summed E-state index contributed by atoms with van der Waals surface area (Å²) >= 11 is 7.19. The van der Waals surface area contributed by atoms with Gasteiger partial charge in [0.2, 0.25) is 5.91 Å². The normalized spacial score (nSPS) is 10.8. The van der Waals surface area contributed by atoms with E-state index in [1.54, 1.807) is 36.1 Å². The van der Waals surface area contributed by atoms with E-state index in [0.29, 0.717) is 45.1 Å². The summed E-state index contributed by atoms with van der Waals surface area (Å²) < 4.78 is 5.71. The van der Waals surface area contributed by atoms with Crippen LogP contribution in [0.4, 0.5) is 5.69 Å². The van der Waals surface area contributed by atoms with Crippen LogP contribution < -0.4 is 15.4 Å². The molecule has 168 valence electrons. The molecule has 1 heterocycles. The van der Waals surface area contributed by atoms with Gasteiger partial charge in [-0.1, -0.05) is 23.7 Å². The summed E-state index contributed by atoms with van der Waals surface area (Å²) in [5.74, 6) is 0.399. The fourth-order valence-electron chi connectivity index (χ4n) is 2.91. The first kappa shape index (κ1) is 23.7. The zero-order valence-electron chi connectivity index (χ0n) is 18.1. The first-order valence-electron chi connectivity index (χ1n) is 9.96. The number of hydrogen-bond donors (Lipinski definition) is 2. The molecular weight excluding hydrogens is 448 g/mol. The van der Waals surface area contributed by atoms with Gasteiger partial charge >= 0.3 is 0 Å². The van der Waals surface area contributed by atoms with E-state index in [4.69, 9.17) is 16.3 Å². The number of anilines is 1. The number of carbonyl (C=O) groups is 2. The van der Waals surface area contributed by atoms with Gasteiger partial charge in [-0.05, 0) is 63.0 Å². The number of carbonyl (C=O) groups excluding carboxylic acids is 2. The van der Waals surface area contributed by atoms with Crippen LogP contribution in [-0.2, 0) is 17.9 Å². The van der Waals surface area contributed by atoms with E-state index in [2.05, 4.69) is 15.6 Å². The minimum atomic E-state index is -0.195. The van der Waals surface area contributed by atoms with Crippen molar-refractivity contribution in [2.24, 2.45) is 0 Å². The van der Waals surface area contributed by atoms with Crippen LogP contribution in [0, 0.1) is 6.92 Å². The summed E-state index contributed by atoms with van der Waals surface area (Å²) in [6.45, 7) is 2.72. The summed E-state index contributed by atoms with van der Waals surface area (Å²) in [4.78, 5) is 31.4. The van der Waals surface area contributed by atoms with Gasteiger partial charge in [-0.25, -0.2) is 4.98 Å². The van der Waals surface area contributed by atoms with Gasteiger partial charge in [0.25, 0.3) is 5.91 Å². The SMILES string of the molecule is Cc1nc(COc2ccc(Cl)cc2)sc1C(=O)NCc1cccc(NC(=O)CN(C)C)c1. The Kier molecular flexibility index (Phi) is 8.21. The van der Waals surface area contributed by atoms with Crippen molar-refractivity contribution in [1.82, 2.24) is 15.2 Å². The number of rotatable bonds is 9. The number of amides is 2. The number of nitrogens with one attached hydrogen (secondary N) is 2. The Morgan fingerprint density at radius 2 is 1.91 bits per heavy atom. The van der Waals surface area contributed by atoms with Gasteiger partial charge < -0.3 is 20.3 Å². The molecule has 0 fully saturated rings. The second-order valence-corrected chi connectivity index (χ2v) is 8.95. The van der Waals surface area contributed by atoms with Crippen molar-refractivity contribution in [3.63, 3.8) is 0 Å². The third-order valence-corrected chi connectivity index (χ3v) is 5.73. The maximum absolute atomic E-state index is 12.7. The molecule has 0 aliphatic carbocycles. The van der Waals surface area contributed by atoms with E-state index < -0.39 is 0 Å². The molecule has 3 rings (SSSR count). The first-order valence-corrected chi connectivity index (χ1v) is 11.2. The molecule has 3 aromatic rings. The third-order valence-electron chi connectivity index (χ3n) is 4.35. The Morgan fingerprint density at radius 3 is 2.62 bits per heavy atom. The lowest BCUT2D eigenvalue weighted by atomic mass is 10.2. The molecule has 7 nitrogen and oxygen atoms in total. The van der Waals surface area contributed by atoms with Gasteiger partial charge in [0, 0.05) is 17.3 Å². The molecule has 0 bridgehead atoms. The largest absolute Gasteiger partial charge is 0.486 e. The quantitative estimate of drug-likeness (QED) is 0.489. The number of thiazole rings is 1. The van der Waals surface area contributed by atoms with E-state index in [1.165, 1.54) is 11.3 Å². The van der Waals surface area contributed by atoms with Crippen LogP contribution in [0.25, 0.3) is 0 Å². The molecule has 0 atom stereocenters. The van der Waals surface area contributed by atoms with Crippen molar-refractivity contribution in [1.29, 1.82) is 0 Å². The lowest BCUT2D eigenvalue weighted by molar-refractivity contribution is -0.116. The van der Waals surface area contributed by atoms with Gasteiger partial charge in [0.1, 0.15) is 22.2 Å². The topological polar surface area (TPSA) is 83.6 Å². The van der Waals surface area contributed by atoms with E-state index in [0.717, 1.165) is 5.56 Å². The Bertz CT molecular complexity index is 1080. The Hall–Kier alpha value is -2.94. The molecular formula is C23H25ClN4O3S. The highest BCUT2D eigenvalue weighted by Gasteiger charge is 2.15. The molecule has 2 N–H and O–H groups in total. The van der Waals surface area contributed by atoms with Crippen LogP contribution in [0.2, 0.25) is 5.02 Å². The Morgan fingerprint density at radius 1 is 1.16 bits per heavy atom. The molecule has 9 heteroatoms. The van der Waals surface area contributed by atoms with E-state index >= 15 is 0 Å². The molecule has 1 aromatic heterocycles. The first-order chi connectivity index (χ1) is 15.3. The predicted octanol–water partition coefficient (Wildman–Crippen LogP) is 4.11. The molecule has 0 spiro atoms. The average Bonchev–Trinajstić information content (AvgIpc) is 3.12. The minimum Gasteiger partial charge on any atom is -0.486 e. The van der Waals surface area contributed by atoms with Crippen LogP contribution in [0.15, 0.2) is 48.5 Å². The molecule has 0 saturated heterocycles. The molecule has 32 heavy (non-hydrogen) atoms. The second-order valence-electron chi connectivity index (χ2n) is 7.43. The van der Waals surface area contributed by atoms with Crippen LogP contribution in [-0.4, -0.2) is 42.3 Å². The molecule has 0 aliphatic rings. The Labute approximate surface area is 196 Å². The van der Waals surface area contributed by atoms with Crippen molar-refractivity contribution in [3.05, 3.63) is 74.7 Å². The summed E-state index contributed by atoms with van der Waals surface area (Å²) in [6, 6.07) is 14.5. The fraction of sp³-hybridized carbons (Fsp3) is 0.261. The number of ether oxygens (including phenoxy) is 1. The lowest BCUT2D eigenvalue weighted by Gasteiger charge is -2.11. The smallest absolute Gasteiger partial charge is 0.263 e. The van der Waals surface area contributed by atoms with Gasteiger partial charge in [0.05, 0.1) is 12.2 Å². The summed E-state index contributed by atoms with van der Waals surface area (Å²) in [7, 11) is 3.67. The van der Waals surface area contributed by atoms with Crippen molar-refractivity contribution in [2.45, 2.75) is 20.1 Å². The van der Waals surface area contributed by atoms with Crippen molar-refractivity contribution < 1.29 is 14.3 Å². The zero-order chi connectivity index (χ0) is 23.1. The number of aromatic nitrogens is 1. The van der Waals surface area contributed by atoms with Crippen LogP contribution in [0.1, 0.15) is 25.9 Å². The average molecular weight is 473 g/mol. The number of hydrogen-bond acceptors (Lipinski definition) is 6. The highest BCUT2D eigenvalue weighted by molar-refractivity contribution is 7.13. The minimum absolute atomic E-state index is 0.0928.